The number of nitrogens with one attached hydrogen (secondary N) is 1. The largest absolute Gasteiger partial charge is 0.327 e. The Morgan fingerprint density at radius 1 is 1.08 bits per heavy atom. The van der Waals surface area contributed by atoms with Gasteiger partial charge in [-0.2, -0.15) is 0 Å². The highest BCUT2D eigenvalue weighted by molar-refractivity contribution is 6.30. The summed E-state index contributed by atoms with van der Waals surface area (Å²) in [7, 11) is 0. The van der Waals surface area contributed by atoms with Crippen molar-refractivity contribution in [2.45, 2.75) is 32.7 Å². The zero-order valence-corrected chi connectivity index (χ0v) is 15.1. The predicted molar refractivity (Wildman–Crippen MR) is 100 cm³/mol. The van der Waals surface area contributed by atoms with Gasteiger partial charge in [0.2, 0.25) is 5.91 Å². The number of benzene rings is 2. The minimum atomic E-state index is -0.440. The van der Waals surface area contributed by atoms with Crippen molar-refractivity contribution in [1.82, 2.24) is 4.90 Å². The Hall–Kier alpha value is -2.33. The van der Waals surface area contributed by atoms with Crippen molar-refractivity contribution in [2.24, 2.45) is 0 Å². The number of nitrogens with zero attached hydrogens (tertiary/aromatic N) is 1. The maximum Gasteiger partial charge on any atom is 0.254 e. The van der Waals surface area contributed by atoms with Crippen molar-refractivity contribution >= 4 is 29.1 Å². The Kier molecular flexibility index (Phi) is 5.09. The van der Waals surface area contributed by atoms with Crippen LogP contribution in [-0.2, 0) is 4.79 Å². The van der Waals surface area contributed by atoms with Crippen molar-refractivity contribution in [3.8, 4) is 0 Å². The third kappa shape index (κ3) is 3.85. The second-order valence-electron chi connectivity index (χ2n) is 6.45. The quantitative estimate of drug-likeness (QED) is 0.896. The zero-order chi connectivity index (χ0) is 18.0. The molecule has 2 aromatic carbocycles. The minimum absolute atomic E-state index is 0.0862. The molecule has 1 N–H and O–H groups in total. The minimum Gasteiger partial charge on any atom is -0.327 e. The summed E-state index contributed by atoms with van der Waals surface area (Å²) in [5.41, 5.74) is 3.54. The third-order valence-corrected chi connectivity index (χ3v) is 4.93. The van der Waals surface area contributed by atoms with E-state index in [1.165, 1.54) is 0 Å². The van der Waals surface area contributed by atoms with E-state index in [-0.39, 0.29) is 11.8 Å². The molecule has 25 heavy (non-hydrogen) atoms. The molecule has 0 aromatic heterocycles. The molecule has 0 radical (unpaired) electrons. The number of aryl methyl sites for hydroxylation is 2. The SMILES string of the molecule is Cc1ccc(C(=O)N2CCC[C@H]2C(=O)Nc2ccc(Cl)cc2)cc1C. The summed E-state index contributed by atoms with van der Waals surface area (Å²) in [4.78, 5) is 27.2. The van der Waals surface area contributed by atoms with Crippen LogP contribution in [-0.4, -0.2) is 29.3 Å². The lowest BCUT2D eigenvalue weighted by atomic mass is 10.1. The standard InChI is InChI=1S/C20H21ClN2O2/c1-13-5-6-15(12-14(13)2)20(25)23-11-3-4-18(23)19(24)22-17-9-7-16(21)8-10-17/h5-10,12,18H,3-4,11H2,1-2H3,(H,22,24)/t18-/m0/s1. The first kappa shape index (κ1) is 17.5. The van der Waals surface area contributed by atoms with Gasteiger partial charge in [0.1, 0.15) is 6.04 Å². The highest BCUT2D eigenvalue weighted by Gasteiger charge is 2.34. The molecule has 4 nitrogen and oxygen atoms in total. The van der Waals surface area contributed by atoms with E-state index < -0.39 is 6.04 Å². The number of halogens is 1. The van der Waals surface area contributed by atoms with E-state index in [0.29, 0.717) is 29.2 Å². The molecule has 0 unspecified atom stereocenters. The molecule has 1 saturated heterocycles. The van der Waals surface area contributed by atoms with Gasteiger partial charge in [0.25, 0.3) is 5.91 Å². The van der Waals surface area contributed by atoms with Crippen LogP contribution < -0.4 is 5.32 Å². The van der Waals surface area contributed by atoms with Gasteiger partial charge in [-0.05, 0) is 74.2 Å². The summed E-state index contributed by atoms with van der Waals surface area (Å²) in [5, 5.41) is 3.49. The molecule has 2 amide bonds. The smallest absolute Gasteiger partial charge is 0.254 e. The van der Waals surface area contributed by atoms with Crippen LogP contribution in [0, 0.1) is 13.8 Å². The van der Waals surface area contributed by atoms with Crippen molar-refractivity contribution < 1.29 is 9.59 Å². The van der Waals surface area contributed by atoms with Crippen molar-refractivity contribution in [3.63, 3.8) is 0 Å². The Balaban J connectivity index is 1.74. The lowest BCUT2D eigenvalue weighted by molar-refractivity contribution is -0.119. The lowest BCUT2D eigenvalue weighted by Gasteiger charge is -2.24. The Bertz CT molecular complexity index is 802. The van der Waals surface area contributed by atoms with Gasteiger partial charge in [-0.1, -0.05) is 17.7 Å². The summed E-state index contributed by atoms with van der Waals surface area (Å²) in [5.74, 6) is -0.242. The molecule has 0 bridgehead atoms. The molecule has 1 aliphatic heterocycles. The number of anilines is 1. The highest BCUT2D eigenvalue weighted by atomic mass is 35.5. The fraction of sp³-hybridized carbons (Fsp3) is 0.300. The van der Waals surface area contributed by atoms with Gasteiger partial charge in [-0.25, -0.2) is 0 Å². The van der Waals surface area contributed by atoms with E-state index in [1.54, 1.807) is 29.2 Å². The number of carbonyl (C=O) groups is 2. The summed E-state index contributed by atoms with van der Waals surface area (Å²) < 4.78 is 0. The molecule has 1 atom stereocenters. The fourth-order valence-corrected chi connectivity index (χ4v) is 3.21. The average molecular weight is 357 g/mol. The van der Waals surface area contributed by atoms with Crippen LogP contribution in [0.15, 0.2) is 42.5 Å². The molecule has 3 rings (SSSR count). The second kappa shape index (κ2) is 7.28. The van der Waals surface area contributed by atoms with Crippen LogP contribution in [0.3, 0.4) is 0 Å². The summed E-state index contributed by atoms with van der Waals surface area (Å²) in [6.45, 7) is 4.60. The van der Waals surface area contributed by atoms with Crippen molar-refractivity contribution in [1.29, 1.82) is 0 Å². The average Bonchev–Trinajstić information content (AvgIpc) is 3.08. The van der Waals surface area contributed by atoms with E-state index in [1.807, 2.05) is 32.0 Å². The van der Waals surface area contributed by atoms with Crippen LogP contribution >= 0.6 is 11.6 Å². The first-order valence-corrected chi connectivity index (χ1v) is 8.78. The molecule has 1 heterocycles. The van der Waals surface area contributed by atoms with Crippen LogP contribution in [0.1, 0.15) is 34.3 Å². The molecule has 1 fully saturated rings. The molecule has 0 spiro atoms. The zero-order valence-electron chi connectivity index (χ0n) is 14.4. The normalized spacial score (nSPS) is 16.8. The monoisotopic (exact) mass is 356 g/mol. The highest BCUT2D eigenvalue weighted by Crippen LogP contribution is 2.23. The fourth-order valence-electron chi connectivity index (χ4n) is 3.08. The van der Waals surface area contributed by atoms with Gasteiger partial charge < -0.3 is 10.2 Å². The van der Waals surface area contributed by atoms with Crippen LogP contribution in [0.5, 0.6) is 0 Å². The third-order valence-electron chi connectivity index (χ3n) is 4.68. The van der Waals surface area contributed by atoms with Crippen molar-refractivity contribution in [2.75, 3.05) is 11.9 Å². The Morgan fingerprint density at radius 3 is 2.48 bits per heavy atom. The molecule has 1 aliphatic rings. The predicted octanol–water partition coefficient (Wildman–Crippen LogP) is 4.20. The maximum absolute atomic E-state index is 12.9. The summed E-state index contributed by atoms with van der Waals surface area (Å²) in [6, 6.07) is 12.2. The molecule has 2 aromatic rings. The van der Waals surface area contributed by atoms with Crippen molar-refractivity contribution in [3.05, 3.63) is 64.2 Å². The molecule has 0 saturated carbocycles. The van der Waals surface area contributed by atoms with Crippen LogP contribution in [0.2, 0.25) is 5.02 Å². The number of hydrogen-bond acceptors (Lipinski definition) is 2. The molecule has 5 heteroatoms. The van der Waals surface area contributed by atoms with Crippen LogP contribution in [0.4, 0.5) is 5.69 Å². The van der Waals surface area contributed by atoms with E-state index >= 15 is 0 Å². The Morgan fingerprint density at radius 2 is 1.80 bits per heavy atom. The van der Waals surface area contributed by atoms with Gasteiger partial charge in [0.15, 0.2) is 0 Å². The summed E-state index contributed by atoms with van der Waals surface area (Å²) >= 11 is 5.87. The first-order valence-electron chi connectivity index (χ1n) is 8.40. The summed E-state index contributed by atoms with van der Waals surface area (Å²) in [6.07, 6.45) is 1.51. The van der Waals surface area contributed by atoms with E-state index in [4.69, 9.17) is 11.6 Å². The lowest BCUT2D eigenvalue weighted by Crippen LogP contribution is -2.43. The van der Waals surface area contributed by atoms with Crippen LogP contribution in [0.25, 0.3) is 0 Å². The van der Waals surface area contributed by atoms with Gasteiger partial charge in [0.05, 0.1) is 0 Å². The number of rotatable bonds is 3. The van der Waals surface area contributed by atoms with E-state index in [9.17, 15) is 9.59 Å². The molecular formula is C20H21ClN2O2. The molecule has 0 aliphatic carbocycles. The molecular weight excluding hydrogens is 336 g/mol. The second-order valence-corrected chi connectivity index (χ2v) is 6.89. The van der Waals surface area contributed by atoms with Gasteiger partial charge in [-0.15, -0.1) is 0 Å². The van der Waals surface area contributed by atoms with Gasteiger partial charge in [-0.3, -0.25) is 9.59 Å². The number of carbonyl (C=O) groups excluding carboxylic acids is 2. The first-order chi connectivity index (χ1) is 12.0. The van der Waals surface area contributed by atoms with E-state index in [2.05, 4.69) is 5.32 Å². The molecule has 130 valence electrons. The van der Waals surface area contributed by atoms with Gasteiger partial charge >= 0.3 is 0 Å². The maximum atomic E-state index is 12.9. The van der Waals surface area contributed by atoms with E-state index in [0.717, 1.165) is 17.5 Å². The number of likely N-dealkylation sites (tertiary alicyclic amines) is 1. The number of amides is 2. The van der Waals surface area contributed by atoms with Gasteiger partial charge in [0, 0.05) is 22.8 Å². The Labute approximate surface area is 152 Å². The topological polar surface area (TPSA) is 49.4 Å². The number of hydrogen-bond donors (Lipinski definition) is 1.